The van der Waals surface area contributed by atoms with Crippen molar-refractivity contribution >= 4 is 16.9 Å². The Balaban J connectivity index is 1.99. The van der Waals surface area contributed by atoms with Crippen LogP contribution in [0.15, 0.2) is 45.6 Å². The monoisotopic (exact) mass is 395 g/mol. The van der Waals surface area contributed by atoms with Gasteiger partial charge in [0.15, 0.2) is 11.3 Å². The van der Waals surface area contributed by atoms with Crippen molar-refractivity contribution in [2.24, 2.45) is 0 Å². The molecule has 4 rings (SSSR count). The highest BCUT2D eigenvalue weighted by Gasteiger charge is 2.27. The lowest BCUT2D eigenvalue weighted by Crippen LogP contribution is -2.36. The quantitative estimate of drug-likeness (QED) is 0.640. The molecule has 7 heteroatoms. The van der Waals surface area contributed by atoms with Gasteiger partial charge in [0.2, 0.25) is 5.43 Å². The van der Waals surface area contributed by atoms with Crippen molar-refractivity contribution in [3.05, 3.63) is 57.7 Å². The Kier molecular flexibility index (Phi) is 4.98. The van der Waals surface area contributed by atoms with Gasteiger partial charge in [-0.15, -0.1) is 0 Å². The fraction of sp³-hybridized carbons (Fsp3) is 0.273. The molecule has 1 fully saturated rings. The minimum absolute atomic E-state index is 0.0103. The smallest absolute Gasteiger partial charge is 0.346 e. The summed E-state index contributed by atoms with van der Waals surface area (Å²) in [5, 5.41) is 20.1. The molecule has 0 saturated carbocycles. The number of phenolic OH excluding ortho intramolecular Hbond substituents is 2. The number of phenols is 2. The first-order valence-corrected chi connectivity index (χ1v) is 9.50. The lowest BCUT2D eigenvalue weighted by Gasteiger charge is -2.31. The van der Waals surface area contributed by atoms with Crippen LogP contribution in [0.5, 0.6) is 11.5 Å². The van der Waals surface area contributed by atoms with Gasteiger partial charge in [0, 0.05) is 17.7 Å². The third-order valence-corrected chi connectivity index (χ3v) is 5.08. The third-order valence-electron chi connectivity index (χ3n) is 5.08. The number of carbonyl (C=O) groups excluding carboxylic acids is 1. The molecule has 2 N–H and O–H groups in total. The fourth-order valence-corrected chi connectivity index (χ4v) is 3.47. The minimum Gasteiger partial charge on any atom is -0.508 e. The van der Waals surface area contributed by atoms with Crippen LogP contribution in [0.2, 0.25) is 0 Å². The number of aromatic hydroxyl groups is 2. The molecule has 0 unspecified atom stereocenters. The molecule has 0 atom stereocenters. The van der Waals surface area contributed by atoms with Crippen molar-refractivity contribution < 1.29 is 24.2 Å². The molecule has 0 amide bonds. The molecule has 0 spiro atoms. The fourth-order valence-electron chi connectivity index (χ4n) is 3.47. The Morgan fingerprint density at radius 2 is 1.86 bits per heavy atom. The van der Waals surface area contributed by atoms with E-state index in [0.717, 1.165) is 19.5 Å². The van der Waals surface area contributed by atoms with Crippen molar-refractivity contribution in [3.8, 4) is 22.8 Å². The van der Waals surface area contributed by atoms with Crippen LogP contribution >= 0.6 is 0 Å². The zero-order chi connectivity index (χ0) is 20.5. The zero-order valence-corrected chi connectivity index (χ0v) is 16.0. The van der Waals surface area contributed by atoms with Crippen LogP contribution in [0, 0.1) is 0 Å². The Hall–Kier alpha value is -3.32. The summed E-state index contributed by atoms with van der Waals surface area (Å²) in [5.41, 5.74) is 0.417. The van der Waals surface area contributed by atoms with E-state index < -0.39 is 11.4 Å². The molecule has 29 heavy (non-hydrogen) atoms. The summed E-state index contributed by atoms with van der Waals surface area (Å²) < 4.78 is 11.1. The van der Waals surface area contributed by atoms with Crippen LogP contribution < -0.4 is 5.43 Å². The zero-order valence-electron chi connectivity index (χ0n) is 16.0. The Morgan fingerprint density at radius 1 is 1.14 bits per heavy atom. The molecule has 1 aliphatic heterocycles. The normalized spacial score (nSPS) is 14.0. The summed E-state index contributed by atoms with van der Waals surface area (Å²) >= 11 is 0. The lowest BCUT2D eigenvalue weighted by atomic mass is 10.00. The van der Waals surface area contributed by atoms with Gasteiger partial charge >= 0.3 is 5.97 Å². The molecular weight excluding hydrogens is 374 g/mol. The van der Waals surface area contributed by atoms with E-state index in [9.17, 15) is 19.8 Å². The number of fused-ring (bicyclic) bond motifs is 1. The number of nitrogens with zero attached hydrogens (tertiary/aromatic N) is 1. The Labute approximate surface area is 166 Å². The molecule has 0 bridgehead atoms. The standard InChI is InChI=1S/C22H21NO6/c1-2-28-22(27)19-20(26)18-15(12-23-10-3-11-23)16(25)8-9-17(18)29-21(19)13-4-6-14(24)7-5-13/h4-9,24-25H,2-3,10-12H2,1H3. The van der Waals surface area contributed by atoms with Crippen molar-refractivity contribution in [2.75, 3.05) is 19.7 Å². The summed E-state index contributed by atoms with van der Waals surface area (Å²) in [7, 11) is 0. The van der Waals surface area contributed by atoms with Crippen LogP contribution in [0.25, 0.3) is 22.3 Å². The third kappa shape index (κ3) is 3.45. The topological polar surface area (TPSA) is 100 Å². The summed E-state index contributed by atoms with van der Waals surface area (Å²) in [6.07, 6.45) is 1.07. The van der Waals surface area contributed by atoms with Gasteiger partial charge in [0.1, 0.15) is 17.1 Å². The van der Waals surface area contributed by atoms with E-state index in [-0.39, 0.29) is 40.4 Å². The van der Waals surface area contributed by atoms with Gasteiger partial charge in [0.25, 0.3) is 0 Å². The van der Waals surface area contributed by atoms with Crippen LogP contribution in [-0.2, 0) is 11.3 Å². The molecular formula is C22H21NO6. The average Bonchev–Trinajstić information content (AvgIpc) is 2.66. The minimum atomic E-state index is -0.788. The highest BCUT2D eigenvalue weighted by Crippen LogP contribution is 2.33. The second kappa shape index (κ2) is 7.60. The number of benzene rings is 2. The molecule has 1 aromatic heterocycles. The molecule has 7 nitrogen and oxygen atoms in total. The molecule has 0 radical (unpaired) electrons. The second-order valence-electron chi connectivity index (χ2n) is 6.97. The number of esters is 1. The van der Waals surface area contributed by atoms with Gasteiger partial charge in [-0.3, -0.25) is 9.69 Å². The van der Waals surface area contributed by atoms with Crippen LogP contribution in [-0.4, -0.2) is 40.8 Å². The maximum absolute atomic E-state index is 13.4. The first-order valence-electron chi connectivity index (χ1n) is 9.50. The van der Waals surface area contributed by atoms with Gasteiger partial charge in [-0.05, 0) is 62.8 Å². The Morgan fingerprint density at radius 3 is 2.48 bits per heavy atom. The van der Waals surface area contributed by atoms with Gasteiger partial charge in [0.05, 0.1) is 12.0 Å². The number of likely N-dealkylation sites (tertiary alicyclic amines) is 1. The van der Waals surface area contributed by atoms with E-state index in [2.05, 4.69) is 4.90 Å². The predicted molar refractivity (Wildman–Crippen MR) is 107 cm³/mol. The van der Waals surface area contributed by atoms with Crippen molar-refractivity contribution in [1.29, 1.82) is 0 Å². The summed E-state index contributed by atoms with van der Waals surface area (Å²) in [4.78, 5) is 28.2. The number of hydrogen-bond acceptors (Lipinski definition) is 7. The molecule has 2 heterocycles. The van der Waals surface area contributed by atoms with E-state index in [4.69, 9.17) is 9.15 Å². The van der Waals surface area contributed by atoms with Crippen molar-refractivity contribution in [2.45, 2.75) is 19.9 Å². The lowest BCUT2D eigenvalue weighted by molar-refractivity contribution is 0.0524. The van der Waals surface area contributed by atoms with Crippen LogP contribution in [0.4, 0.5) is 0 Å². The molecule has 2 aromatic carbocycles. The van der Waals surface area contributed by atoms with E-state index in [1.54, 1.807) is 19.1 Å². The number of ether oxygens (including phenoxy) is 1. The van der Waals surface area contributed by atoms with E-state index >= 15 is 0 Å². The first-order chi connectivity index (χ1) is 14.0. The predicted octanol–water partition coefficient (Wildman–Crippen LogP) is 3.25. The van der Waals surface area contributed by atoms with Gasteiger partial charge < -0.3 is 19.4 Å². The molecule has 1 saturated heterocycles. The largest absolute Gasteiger partial charge is 0.508 e. The second-order valence-corrected chi connectivity index (χ2v) is 6.97. The Bertz CT molecular complexity index is 1130. The van der Waals surface area contributed by atoms with Gasteiger partial charge in [-0.2, -0.15) is 0 Å². The van der Waals surface area contributed by atoms with Gasteiger partial charge in [-0.25, -0.2) is 4.79 Å². The number of hydrogen-bond donors (Lipinski definition) is 2. The first kappa shape index (κ1) is 19.0. The molecule has 150 valence electrons. The average molecular weight is 395 g/mol. The highest BCUT2D eigenvalue weighted by atomic mass is 16.5. The number of rotatable bonds is 5. The molecule has 0 aliphatic carbocycles. The number of carbonyl (C=O) groups is 1. The summed E-state index contributed by atoms with van der Waals surface area (Å²) in [6.45, 7) is 3.93. The maximum Gasteiger partial charge on any atom is 0.346 e. The van der Waals surface area contributed by atoms with Crippen molar-refractivity contribution in [3.63, 3.8) is 0 Å². The SMILES string of the molecule is CCOC(=O)c1c(-c2ccc(O)cc2)oc2ccc(O)c(CN3CCC3)c2c1=O. The summed E-state index contributed by atoms with van der Waals surface area (Å²) in [5.74, 6) is -0.675. The maximum atomic E-state index is 13.4. The van der Waals surface area contributed by atoms with Crippen LogP contribution in [0.1, 0.15) is 29.3 Å². The highest BCUT2D eigenvalue weighted by molar-refractivity contribution is 6.00. The van der Waals surface area contributed by atoms with Crippen LogP contribution in [0.3, 0.4) is 0 Å². The van der Waals surface area contributed by atoms with Gasteiger partial charge in [-0.1, -0.05) is 0 Å². The van der Waals surface area contributed by atoms with E-state index in [0.29, 0.717) is 17.7 Å². The van der Waals surface area contributed by atoms with E-state index in [1.165, 1.54) is 24.3 Å². The molecule has 1 aliphatic rings. The summed E-state index contributed by atoms with van der Waals surface area (Å²) in [6, 6.07) is 9.02. The van der Waals surface area contributed by atoms with E-state index in [1.807, 2.05) is 0 Å². The molecule has 3 aromatic rings. The van der Waals surface area contributed by atoms with Crippen molar-refractivity contribution in [1.82, 2.24) is 4.90 Å².